The van der Waals surface area contributed by atoms with Gasteiger partial charge in [-0.3, -0.25) is 9.59 Å². The number of anilines is 1. The molecule has 2 amide bonds. The minimum Gasteiger partial charge on any atom is -0.352 e. The van der Waals surface area contributed by atoms with Crippen molar-refractivity contribution in [1.82, 2.24) is 10.0 Å². The van der Waals surface area contributed by atoms with Crippen LogP contribution in [0.15, 0.2) is 48.5 Å². The maximum atomic E-state index is 12.8. The highest BCUT2D eigenvalue weighted by Gasteiger charge is 2.35. The van der Waals surface area contributed by atoms with Crippen LogP contribution in [0.4, 0.5) is 5.69 Å². The summed E-state index contributed by atoms with van der Waals surface area (Å²) in [7, 11) is -3.48. The number of carbonyl (C=O) groups is 2. The van der Waals surface area contributed by atoms with E-state index in [-0.39, 0.29) is 36.6 Å². The molecule has 1 heterocycles. The SMILES string of the molecule is CCc1ccccc1N1C[C@H](C(=O)NCc2ccccc2CS(=O)(=O)NC(C)C)CC1=O. The number of para-hydroxylation sites is 1. The van der Waals surface area contributed by atoms with Crippen molar-refractivity contribution in [2.75, 3.05) is 11.4 Å². The lowest BCUT2D eigenvalue weighted by Crippen LogP contribution is -2.34. The largest absolute Gasteiger partial charge is 0.352 e. The smallest absolute Gasteiger partial charge is 0.227 e. The molecule has 0 radical (unpaired) electrons. The van der Waals surface area contributed by atoms with Crippen molar-refractivity contribution in [3.05, 3.63) is 65.2 Å². The second-order valence-electron chi connectivity index (χ2n) is 8.41. The van der Waals surface area contributed by atoms with E-state index in [4.69, 9.17) is 0 Å². The summed E-state index contributed by atoms with van der Waals surface area (Å²) in [6, 6.07) is 14.7. The first-order valence-corrected chi connectivity index (χ1v) is 12.6. The van der Waals surface area contributed by atoms with Gasteiger partial charge in [-0.05, 0) is 43.0 Å². The molecule has 3 rings (SSSR count). The third kappa shape index (κ3) is 5.95. The molecule has 0 spiro atoms. The van der Waals surface area contributed by atoms with Gasteiger partial charge in [-0.1, -0.05) is 49.4 Å². The van der Waals surface area contributed by atoms with Gasteiger partial charge in [-0.2, -0.15) is 0 Å². The fourth-order valence-corrected chi connectivity index (χ4v) is 5.48. The Morgan fingerprint density at radius 1 is 1.06 bits per heavy atom. The van der Waals surface area contributed by atoms with Crippen molar-refractivity contribution < 1.29 is 18.0 Å². The van der Waals surface area contributed by atoms with E-state index in [2.05, 4.69) is 10.0 Å². The molecule has 1 aliphatic rings. The van der Waals surface area contributed by atoms with Gasteiger partial charge in [-0.15, -0.1) is 0 Å². The summed E-state index contributed by atoms with van der Waals surface area (Å²) in [5.41, 5.74) is 3.32. The molecule has 0 unspecified atom stereocenters. The number of sulfonamides is 1. The van der Waals surface area contributed by atoms with Gasteiger partial charge in [0.1, 0.15) is 0 Å². The minimum absolute atomic E-state index is 0.0581. The number of hydrogen-bond donors (Lipinski definition) is 2. The van der Waals surface area contributed by atoms with Crippen LogP contribution in [0, 0.1) is 5.92 Å². The third-order valence-electron chi connectivity index (χ3n) is 5.49. The molecular formula is C24H31N3O4S. The van der Waals surface area contributed by atoms with Crippen LogP contribution in [-0.2, 0) is 38.3 Å². The Labute approximate surface area is 190 Å². The number of nitrogens with zero attached hydrogens (tertiary/aromatic N) is 1. The van der Waals surface area contributed by atoms with Gasteiger partial charge in [-0.25, -0.2) is 13.1 Å². The zero-order valence-corrected chi connectivity index (χ0v) is 19.6. The summed E-state index contributed by atoms with van der Waals surface area (Å²) in [6.07, 6.45) is 0.973. The lowest BCUT2D eigenvalue weighted by atomic mass is 10.1. The Bertz CT molecular complexity index is 1080. The first kappa shape index (κ1) is 23.9. The summed E-state index contributed by atoms with van der Waals surface area (Å²) >= 11 is 0. The summed E-state index contributed by atoms with van der Waals surface area (Å²) < 4.78 is 27.2. The molecule has 0 aromatic heterocycles. The second-order valence-corrected chi connectivity index (χ2v) is 10.2. The Morgan fingerprint density at radius 2 is 1.69 bits per heavy atom. The zero-order chi connectivity index (χ0) is 23.3. The molecular weight excluding hydrogens is 426 g/mol. The van der Waals surface area contributed by atoms with Crippen molar-refractivity contribution >= 4 is 27.5 Å². The van der Waals surface area contributed by atoms with Gasteiger partial charge in [0.15, 0.2) is 0 Å². The predicted octanol–water partition coefficient (Wildman–Crippen LogP) is 2.75. The first-order valence-electron chi connectivity index (χ1n) is 10.9. The molecule has 1 atom stereocenters. The molecule has 0 saturated carbocycles. The lowest BCUT2D eigenvalue weighted by molar-refractivity contribution is -0.126. The maximum Gasteiger partial charge on any atom is 0.227 e. The summed E-state index contributed by atoms with van der Waals surface area (Å²) in [5.74, 6) is -0.850. The number of nitrogens with one attached hydrogen (secondary N) is 2. The van der Waals surface area contributed by atoms with Crippen LogP contribution in [0.5, 0.6) is 0 Å². The van der Waals surface area contributed by atoms with E-state index in [0.29, 0.717) is 12.1 Å². The summed E-state index contributed by atoms with van der Waals surface area (Å²) in [5, 5.41) is 2.90. The molecule has 1 saturated heterocycles. The Balaban J connectivity index is 1.65. The quantitative estimate of drug-likeness (QED) is 0.605. The van der Waals surface area contributed by atoms with Crippen molar-refractivity contribution in [2.24, 2.45) is 5.92 Å². The molecule has 7 nitrogen and oxygen atoms in total. The van der Waals surface area contributed by atoms with Crippen LogP contribution in [0.2, 0.25) is 0 Å². The molecule has 2 N–H and O–H groups in total. The number of amides is 2. The molecule has 2 aromatic rings. The van der Waals surface area contributed by atoms with E-state index in [9.17, 15) is 18.0 Å². The normalized spacial score (nSPS) is 16.6. The number of carbonyl (C=O) groups excluding carboxylic acids is 2. The molecule has 172 valence electrons. The zero-order valence-electron chi connectivity index (χ0n) is 18.8. The van der Waals surface area contributed by atoms with Crippen molar-refractivity contribution in [3.8, 4) is 0 Å². The summed E-state index contributed by atoms with van der Waals surface area (Å²) in [6.45, 7) is 6.14. The number of hydrogen-bond acceptors (Lipinski definition) is 4. The lowest BCUT2D eigenvalue weighted by Gasteiger charge is -2.20. The van der Waals surface area contributed by atoms with Crippen LogP contribution in [0.3, 0.4) is 0 Å². The topological polar surface area (TPSA) is 95.6 Å². The van der Waals surface area contributed by atoms with Crippen molar-refractivity contribution in [2.45, 2.75) is 52.0 Å². The predicted molar refractivity (Wildman–Crippen MR) is 125 cm³/mol. The van der Waals surface area contributed by atoms with Crippen LogP contribution >= 0.6 is 0 Å². The van der Waals surface area contributed by atoms with E-state index in [1.807, 2.05) is 43.3 Å². The fourth-order valence-electron chi connectivity index (χ4n) is 3.99. The number of aryl methyl sites for hydroxylation is 1. The number of benzene rings is 2. The minimum atomic E-state index is -3.48. The molecule has 32 heavy (non-hydrogen) atoms. The Hall–Kier alpha value is -2.71. The van der Waals surface area contributed by atoms with Crippen molar-refractivity contribution in [3.63, 3.8) is 0 Å². The van der Waals surface area contributed by atoms with Crippen LogP contribution in [-0.4, -0.2) is 32.8 Å². The van der Waals surface area contributed by atoms with Crippen LogP contribution in [0.25, 0.3) is 0 Å². The van der Waals surface area contributed by atoms with E-state index < -0.39 is 15.9 Å². The standard InChI is InChI=1S/C24H31N3O4S/c1-4-18-9-7-8-12-22(18)27-15-21(13-23(27)28)24(29)25-14-19-10-5-6-11-20(19)16-32(30,31)26-17(2)3/h5-12,17,21,26H,4,13-16H2,1-3H3,(H,25,29)/t21-/m1/s1. The monoisotopic (exact) mass is 457 g/mol. The van der Waals surface area contributed by atoms with E-state index in [1.54, 1.807) is 30.9 Å². The molecule has 0 bridgehead atoms. The highest BCUT2D eigenvalue weighted by molar-refractivity contribution is 7.88. The highest BCUT2D eigenvalue weighted by atomic mass is 32.2. The van der Waals surface area contributed by atoms with E-state index in [1.165, 1.54) is 0 Å². The van der Waals surface area contributed by atoms with Gasteiger partial charge in [0.25, 0.3) is 0 Å². The van der Waals surface area contributed by atoms with Gasteiger partial charge < -0.3 is 10.2 Å². The molecule has 1 aliphatic heterocycles. The van der Waals surface area contributed by atoms with Gasteiger partial charge in [0.05, 0.1) is 11.7 Å². The third-order valence-corrected chi connectivity index (χ3v) is 7.01. The van der Waals surface area contributed by atoms with Crippen molar-refractivity contribution in [1.29, 1.82) is 0 Å². The first-order chi connectivity index (χ1) is 15.2. The Morgan fingerprint density at radius 3 is 2.34 bits per heavy atom. The molecule has 8 heteroatoms. The van der Waals surface area contributed by atoms with Crippen LogP contribution < -0.4 is 14.9 Å². The van der Waals surface area contributed by atoms with E-state index >= 15 is 0 Å². The van der Waals surface area contributed by atoms with E-state index in [0.717, 1.165) is 23.2 Å². The number of rotatable bonds is 9. The average Bonchev–Trinajstić information content (AvgIpc) is 3.13. The average molecular weight is 458 g/mol. The summed E-state index contributed by atoms with van der Waals surface area (Å²) in [4.78, 5) is 27.1. The van der Waals surface area contributed by atoms with Gasteiger partial charge >= 0.3 is 0 Å². The fraction of sp³-hybridized carbons (Fsp3) is 0.417. The highest BCUT2D eigenvalue weighted by Crippen LogP contribution is 2.28. The van der Waals surface area contributed by atoms with Gasteiger partial charge in [0, 0.05) is 31.2 Å². The molecule has 2 aromatic carbocycles. The van der Waals surface area contributed by atoms with Gasteiger partial charge in [0.2, 0.25) is 21.8 Å². The Kier molecular flexibility index (Phi) is 7.69. The maximum absolute atomic E-state index is 12.8. The second kappa shape index (κ2) is 10.3. The van der Waals surface area contributed by atoms with Crippen LogP contribution in [0.1, 0.15) is 43.9 Å². The molecule has 1 fully saturated rings. The molecule has 0 aliphatic carbocycles.